The summed E-state index contributed by atoms with van der Waals surface area (Å²) in [7, 11) is 0. The predicted octanol–water partition coefficient (Wildman–Crippen LogP) is -4.99. The third-order valence-electron chi connectivity index (χ3n) is 8.81. The van der Waals surface area contributed by atoms with Crippen LogP contribution in [0.1, 0.15) is 31.2 Å². The summed E-state index contributed by atoms with van der Waals surface area (Å²) in [4.78, 5) is 12.8. The molecule has 1 aromatic rings. The number of anilines is 1. The first-order chi connectivity index (χ1) is 22.0. The molecule has 17 heteroatoms. The summed E-state index contributed by atoms with van der Waals surface area (Å²) >= 11 is 0. The second-order valence-electron chi connectivity index (χ2n) is 12.3. The number of hydrogen-bond donors (Lipinski definition) is 12. The van der Waals surface area contributed by atoms with Crippen molar-refractivity contribution in [2.45, 2.75) is 118 Å². The van der Waals surface area contributed by atoms with E-state index in [1.54, 1.807) is 18.2 Å². The van der Waals surface area contributed by atoms with E-state index >= 15 is 0 Å². The highest BCUT2D eigenvalue weighted by atomic mass is 16.7. The van der Waals surface area contributed by atoms with E-state index in [-0.39, 0.29) is 38.6 Å². The Labute approximate surface area is 267 Å². The summed E-state index contributed by atoms with van der Waals surface area (Å²) in [5.41, 5.74) is 31.2. The lowest BCUT2D eigenvalue weighted by Gasteiger charge is -2.49. The van der Waals surface area contributed by atoms with Crippen molar-refractivity contribution < 1.29 is 49.3 Å². The van der Waals surface area contributed by atoms with E-state index in [0.29, 0.717) is 18.5 Å². The van der Waals surface area contributed by atoms with E-state index in [1.165, 1.54) is 0 Å². The molecule has 0 aromatic heterocycles. The first-order valence-electron chi connectivity index (χ1n) is 15.7. The van der Waals surface area contributed by atoms with Gasteiger partial charge in [-0.05, 0) is 49.9 Å². The van der Waals surface area contributed by atoms with Crippen molar-refractivity contribution >= 4 is 11.6 Å². The number of amides is 1. The third kappa shape index (κ3) is 8.88. The maximum Gasteiger partial charge on any atom is 0.249 e. The van der Waals surface area contributed by atoms with Crippen LogP contribution in [0.15, 0.2) is 24.3 Å². The smallest absolute Gasteiger partial charge is 0.249 e. The van der Waals surface area contributed by atoms with Gasteiger partial charge in [-0.25, -0.2) is 0 Å². The molecule has 1 aromatic carbocycles. The van der Waals surface area contributed by atoms with E-state index in [4.69, 9.17) is 47.6 Å². The van der Waals surface area contributed by atoms with Crippen LogP contribution in [-0.4, -0.2) is 137 Å². The van der Waals surface area contributed by atoms with Gasteiger partial charge in [0.1, 0.15) is 42.7 Å². The molecule has 3 fully saturated rings. The molecular weight excluding hydrogens is 606 g/mol. The molecule has 1 aliphatic carbocycles. The molecule has 2 heterocycles. The van der Waals surface area contributed by atoms with Gasteiger partial charge in [-0.1, -0.05) is 12.1 Å². The Bertz CT molecular complexity index is 1110. The van der Waals surface area contributed by atoms with Gasteiger partial charge in [-0.3, -0.25) is 4.79 Å². The van der Waals surface area contributed by atoms with E-state index in [1.807, 2.05) is 6.07 Å². The lowest BCUT2D eigenvalue weighted by molar-refractivity contribution is -0.316. The van der Waals surface area contributed by atoms with Crippen molar-refractivity contribution in [3.8, 4) is 0 Å². The fourth-order valence-corrected chi connectivity index (χ4v) is 6.17. The molecule has 4 rings (SSSR count). The van der Waals surface area contributed by atoms with Crippen molar-refractivity contribution in [3.63, 3.8) is 0 Å². The molecule has 14 atom stereocenters. The van der Waals surface area contributed by atoms with Crippen molar-refractivity contribution in [1.82, 2.24) is 10.6 Å². The Hall–Kier alpha value is -2.07. The maximum atomic E-state index is 12.8. The van der Waals surface area contributed by atoms with Crippen molar-refractivity contribution in [1.29, 1.82) is 0 Å². The standard InChI is InChI=1S/C29H51N7O10/c30-7-6-19(38)27(42)36-18-9-17(34)25(45-28-16(33)5-4-15(10-31)43-28)24(41)26(18)46-29-23(40)21(22(39)20(12-37)44-29)35-11-13-2-1-3-14(32)8-13/h1-3,8,15-26,28-29,35,37-41H,4-7,9-12,30-34H2,(H,36,42)/t15?,16?,17-,18+,19-,20?,21-,22+,23?,24?,25?,26-,28+,29+/m0/s1. The normalized spacial score (nSPS) is 39.1. The molecule has 2 saturated heterocycles. The van der Waals surface area contributed by atoms with E-state index in [9.17, 15) is 30.3 Å². The minimum atomic E-state index is -1.52. The number of nitrogen functional groups attached to an aromatic ring is 1. The fourth-order valence-electron chi connectivity index (χ4n) is 6.17. The SMILES string of the molecule is NCC[C@H](O)C(=O)N[C@@H]1C[C@H](N)C(O[C@H]2OC(CN)CCC2N)C(O)[C@H]1O[C@H]1OC(CO)[C@@H](O)[C@H](NCc2cccc(N)c2)C1O. The number of ether oxygens (including phenoxy) is 4. The van der Waals surface area contributed by atoms with Crippen LogP contribution in [0.3, 0.4) is 0 Å². The molecule has 17 N–H and O–H groups in total. The highest BCUT2D eigenvalue weighted by Gasteiger charge is 2.51. The minimum Gasteiger partial charge on any atom is -0.399 e. The van der Waals surface area contributed by atoms with Gasteiger partial charge in [0.15, 0.2) is 12.6 Å². The van der Waals surface area contributed by atoms with Gasteiger partial charge in [0.25, 0.3) is 0 Å². The predicted molar refractivity (Wildman–Crippen MR) is 164 cm³/mol. The number of benzene rings is 1. The number of rotatable bonds is 13. The van der Waals surface area contributed by atoms with Crippen molar-refractivity contribution in [2.24, 2.45) is 22.9 Å². The monoisotopic (exact) mass is 657 g/mol. The Kier molecular flexibility index (Phi) is 13.5. The zero-order chi connectivity index (χ0) is 33.5. The quantitative estimate of drug-likeness (QED) is 0.0884. The molecule has 17 nitrogen and oxygen atoms in total. The van der Waals surface area contributed by atoms with Crippen LogP contribution in [0.4, 0.5) is 5.69 Å². The number of nitrogens with two attached hydrogens (primary N) is 5. The Morgan fingerprint density at radius 2 is 1.74 bits per heavy atom. The first kappa shape index (κ1) is 36.8. The van der Waals surface area contributed by atoms with Crippen LogP contribution in [0.2, 0.25) is 0 Å². The summed E-state index contributed by atoms with van der Waals surface area (Å²) in [6, 6.07) is 3.62. The zero-order valence-corrected chi connectivity index (χ0v) is 25.7. The molecule has 46 heavy (non-hydrogen) atoms. The minimum absolute atomic E-state index is 0.00936. The molecule has 0 spiro atoms. The van der Waals surface area contributed by atoms with E-state index in [0.717, 1.165) is 5.56 Å². The molecule has 1 amide bonds. The second kappa shape index (κ2) is 16.8. The van der Waals surface area contributed by atoms with Gasteiger partial charge in [0.2, 0.25) is 5.91 Å². The molecule has 6 unspecified atom stereocenters. The fraction of sp³-hybridized carbons (Fsp3) is 0.759. The summed E-state index contributed by atoms with van der Waals surface area (Å²) in [6.07, 6.45) is -10.9. The number of carbonyl (C=O) groups is 1. The number of aliphatic hydroxyl groups excluding tert-OH is 5. The van der Waals surface area contributed by atoms with Crippen molar-refractivity contribution in [2.75, 3.05) is 25.4 Å². The Morgan fingerprint density at radius 1 is 1.00 bits per heavy atom. The van der Waals surface area contributed by atoms with Crippen molar-refractivity contribution in [3.05, 3.63) is 29.8 Å². The summed E-state index contributed by atoms with van der Waals surface area (Å²) < 4.78 is 23.9. The summed E-state index contributed by atoms with van der Waals surface area (Å²) in [6.45, 7) is -0.106. The van der Waals surface area contributed by atoms with Gasteiger partial charge < -0.3 is 83.8 Å². The molecule has 0 radical (unpaired) electrons. The van der Waals surface area contributed by atoms with Crippen LogP contribution >= 0.6 is 0 Å². The molecule has 1 saturated carbocycles. The van der Waals surface area contributed by atoms with E-state index in [2.05, 4.69) is 10.6 Å². The molecular formula is C29H51N7O10. The highest BCUT2D eigenvalue weighted by Crippen LogP contribution is 2.32. The number of nitrogens with one attached hydrogen (secondary N) is 2. The van der Waals surface area contributed by atoms with Crippen LogP contribution < -0.4 is 39.3 Å². The average Bonchev–Trinajstić information content (AvgIpc) is 3.03. The van der Waals surface area contributed by atoms with Gasteiger partial charge in [-0.2, -0.15) is 0 Å². The highest BCUT2D eigenvalue weighted by molar-refractivity contribution is 5.80. The van der Waals surface area contributed by atoms with Gasteiger partial charge in [0, 0.05) is 24.8 Å². The number of carbonyl (C=O) groups excluding carboxylic acids is 1. The maximum absolute atomic E-state index is 12.8. The number of aliphatic hydroxyl groups is 5. The van der Waals surface area contributed by atoms with Crippen LogP contribution in [0.25, 0.3) is 0 Å². The largest absolute Gasteiger partial charge is 0.399 e. The lowest BCUT2D eigenvalue weighted by Crippen LogP contribution is -2.69. The molecule has 262 valence electrons. The second-order valence-corrected chi connectivity index (χ2v) is 12.3. The van der Waals surface area contributed by atoms with E-state index < -0.39 is 92.0 Å². The van der Waals surface area contributed by atoms with Crippen LogP contribution in [-0.2, 0) is 30.3 Å². The summed E-state index contributed by atoms with van der Waals surface area (Å²) in [5, 5.41) is 59.9. The van der Waals surface area contributed by atoms with Gasteiger partial charge in [0.05, 0.1) is 30.8 Å². The lowest BCUT2D eigenvalue weighted by atomic mass is 9.83. The van der Waals surface area contributed by atoms with Gasteiger partial charge in [-0.15, -0.1) is 0 Å². The molecule has 0 bridgehead atoms. The van der Waals surface area contributed by atoms with Crippen LogP contribution in [0.5, 0.6) is 0 Å². The Morgan fingerprint density at radius 3 is 2.41 bits per heavy atom. The zero-order valence-electron chi connectivity index (χ0n) is 25.7. The van der Waals surface area contributed by atoms with Crippen LogP contribution in [0, 0.1) is 0 Å². The number of hydrogen-bond acceptors (Lipinski definition) is 16. The molecule has 3 aliphatic rings. The first-order valence-corrected chi connectivity index (χ1v) is 15.7. The third-order valence-corrected chi connectivity index (χ3v) is 8.81. The summed E-state index contributed by atoms with van der Waals surface area (Å²) in [5.74, 6) is -0.762. The average molecular weight is 658 g/mol. The topological polar surface area (TPSA) is 309 Å². The Balaban J connectivity index is 1.56. The van der Waals surface area contributed by atoms with Gasteiger partial charge >= 0.3 is 0 Å². The molecule has 2 aliphatic heterocycles.